The molecule has 1 saturated carbocycles. The third-order valence-electron chi connectivity index (χ3n) is 5.07. The molecule has 0 saturated heterocycles. The highest BCUT2D eigenvalue weighted by Crippen LogP contribution is 2.66. The summed E-state index contributed by atoms with van der Waals surface area (Å²) in [5.74, 6) is 0.219. The first-order chi connectivity index (χ1) is 12.6. The van der Waals surface area contributed by atoms with Crippen LogP contribution < -0.4 is 0 Å². The monoisotopic (exact) mass is 374 g/mol. The number of Topliss-reactive ketones (excluding diaryl/α,β-unsaturated/α-hetero) is 1. The van der Waals surface area contributed by atoms with Crippen LogP contribution in [0.2, 0.25) is 0 Å². The van der Waals surface area contributed by atoms with Gasteiger partial charge in [0.1, 0.15) is 5.78 Å². The highest BCUT2D eigenvalue weighted by atomic mass is 31.2. The average molecular weight is 374 g/mol. The smallest absolute Gasteiger partial charge is 0.308 e. The van der Waals surface area contributed by atoms with Crippen molar-refractivity contribution in [2.24, 2.45) is 5.92 Å². The Balaban J connectivity index is 2.16. The summed E-state index contributed by atoms with van der Waals surface area (Å²) in [6, 6.07) is 14.1. The van der Waals surface area contributed by atoms with Crippen LogP contribution in [0.1, 0.15) is 50.8 Å². The van der Waals surface area contributed by atoms with E-state index in [1.807, 2.05) is 56.3 Å². The fourth-order valence-electron chi connectivity index (χ4n) is 4.08. The minimum Gasteiger partial charge on any atom is -0.308 e. The minimum absolute atomic E-state index is 0.0222. The second-order valence-electron chi connectivity index (χ2n) is 6.78. The summed E-state index contributed by atoms with van der Waals surface area (Å²) in [6.45, 7) is 4.30. The number of ketones is 1. The SMILES string of the molecule is CCOP(=O)(OCC)C(c1cccc2ccccc12)C1CCCC(=O)C1. The Morgan fingerprint density at radius 1 is 1.08 bits per heavy atom. The summed E-state index contributed by atoms with van der Waals surface area (Å²) in [5, 5.41) is 2.15. The van der Waals surface area contributed by atoms with E-state index in [9.17, 15) is 9.36 Å². The minimum atomic E-state index is -3.40. The van der Waals surface area contributed by atoms with Crippen molar-refractivity contribution in [3.05, 3.63) is 48.0 Å². The summed E-state index contributed by atoms with van der Waals surface area (Å²) in [4.78, 5) is 12.1. The van der Waals surface area contributed by atoms with Gasteiger partial charge in [-0.2, -0.15) is 0 Å². The summed E-state index contributed by atoms with van der Waals surface area (Å²) < 4.78 is 25.3. The predicted octanol–water partition coefficient (Wildman–Crippen LogP) is 5.91. The molecular formula is C21H27O4P. The lowest BCUT2D eigenvalue weighted by molar-refractivity contribution is -0.121. The lowest BCUT2D eigenvalue weighted by atomic mass is 9.82. The topological polar surface area (TPSA) is 52.6 Å². The lowest BCUT2D eigenvalue weighted by Gasteiger charge is -2.35. The van der Waals surface area contributed by atoms with Crippen molar-refractivity contribution in [3.63, 3.8) is 0 Å². The molecule has 1 fully saturated rings. The zero-order chi connectivity index (χ0) is 18.6. The van der Waals surface area contributed by atoms with Gasteiger partial charge < -0.3 is 9.05 Å². The normalized spacial score (nSPS) is 19.6. The van der Waals surface area contributed by atoms with Crippen molar-refractivity contribution < 1.29 is 18.4 Å². The molecule has 1 aliphatic carbocycles. The summed E-state index contributed by atoms with van der Waals surface area (Å²) in [5.41, 5.74) is 0.547. The van der Waals surface area contributed by atoms with Crippen LogP contribution in [0, 0.1) is 5.92 Å². The Hall–Kier alpha value is -1.48. The maximum Gasteiger partial charge on any atom is 0.338 e. The maximum atomic E-state index is 13.8. The van der Waals surface area contributed by atoms with Crippen molar-refractivity contribution >= 4 is 24.2 Å². The molecular weight excluding hydrogens is 347 g/mol. The van der Waals surface area contributed by atoms with Crippen molar-refractivity contribution in [2.75, 3.05) is 13.2 Å². The van der Waals surface area contributed by atoms with Crippen molar-refractivity contribution in [1.82, 2.24) is 0 Å². The Morgan fingerprint density at radius 3 is 2.46 bits per heavy atom. The van der Waals surface area contributed by atoms with Gasteiger partial charge in [0.15, 0.2) is 0 Å². The molecule has 140 valence electrons. The number of rotatable bonds is 7. The number of carbonyl (C=O) groups excluding carboxylic acids is 1. The van der Waals surface area contributed by atoms with E-state index in [2.05, 4.69) is 0 Å². The van der Waals surface area contributed by atoms with Gasteiger partial charge >= 0.3 is 7.60 Å². The van der Waals surface area contributed by atoms with Crippen molar-refractivity contribution in [2.45, 2.75) is 45.2 Å². The molecule has 1 aliphatic rings. The second kappa shape index (κ2) is 8.47. The van der Waals surface area contributed by atoms with E-state index in [0.29, 0.717) is 26.1 Å². The van der Waals surface area contributed by atoms with Crippen LogP contribution in [0.5, 0.6) is 0 Å². The molecule has 2 aromatic carbocycles. The van der Waals surface area contributed by atoms with Gasteiger partial charge in [-0.3, -0.25) is 9.36 Å². The van der Waals surface area contributed by atoms with E-state index in [4.69, 9.17) is 9.05 Å². The summed E-state index contributed by atoms with van der Waals surface area (Å²) in [7, 11) is -3.40. The van der Waals surface area contributed by atoms with Gasteiger partial charge in [-0.25, -0.2) is 0 Å². The molecule has 0 radical (unpaired) electrons. The first kappa shape index (κ1) is 19.3. The molecule has 2 aromatic rings. The average Bonchev–Trinajstić information content (AvgIpc) is 2.62. The van der Waals surface area contributed by atoms with Crippen LogP contribution in [-0.2, 0) is 18.4 Å². The molecule has 2 unspecified atom stereocenters. The second-order valence-corrected chi connectivity index (χ2v) is 8.94. The van der Waals surface area contributed by atoms with E-state index in [1.54, 1.807) is 0 Å². The molecule has 2 atom stereocenters. The van der Waals surface area contributed by atoms with Gasteiger partial charge in [-0.05, 0) is 48.9 Å². The summed E-state index contributed by atoms with van der Waals surface area (Å²) >= 11 is 0. The number of fused-ring (bicyclic) bond motifs is 1. The molecule has 26 heavy (non-hydrogen) atoms. The van der Waals surface area contributed by atoms with Crippen LogP contribution >= 0.6 is 7.60 Å². The zero-order valence-electron chi connectivity index (χ0n) is 15.5. The lowest BCUT2D eigenvalue weighted by Crippen LogP contribution is -2.23. The van der Waals surface area contributed by atoms with E-state index < -0.39 is 13.3 Å². The zero-order valence-corrected chi connectivity index (χ0v) is 16.4. The van der Waals surface area contributed by atoms with Crippen molar-refractivity contribution in [3.8, 4) is 0 Å². The number of benzene rings is 2. The van der Waals surface area contributed by atoms with Gasteiger partial charge in [0.25, 0.3) is 0 Å². The molecule has 0 amide bonds. The number of carbonyl (C=O) groups is 1. The van der Waals surface area contributed by atoms with E-state index in [1.165, 1.54) is 0 Å². The quantitative estimate of drug-likeness (QED) is 0.566. The Kier molecular flexibility index (Phi) is 6.29. The van der Waals surface area contributed by atoms with E-state index in [0.717, 1.165) is 29.2 Å². The summed E-state index contributed by atoms with van der Waals surface area (Å²) in [6.07, 6.45) is 2.76. The Labute approximate surface area is 155 Å². The largest absolute Gasteiger partial charge is 0.338 e. The van der Waals surface area contributed by atoms with Gasteiger partial charge in [-0.15, -0.1) is 0 Å². The fraction of sp³-hybridized carbons (Fsp3) is 0.476. The van der Waals surface area contributed by atoms with Gasteiger partial charge in [0.05, 0.1) is 18.9 Å². The number of hydrogen-bond acceptors (Lipinski definition) is 4. The van der Waals surface area contributed by atoms with E-state index in [-0.39, 0.29) is 11.7 Å². The van der Waals surface area contributed by atoms with Crippen LogP contribution in [0.3, 0.4) is 0 Å². The Bertz CT molecular complexity index is 801. The highest BCUT2D eigenvalue weighted by Gasteiger charge is 2.44. The molecule has 0 aliphatic heterocycles. The van der Waals surface area contributed by atoms with Crippen LogP contribution in [0.25, 0.3) is 10.8 Å². The molecule has 0 spiro atoms. The molecule has 5 heteroatoms. The molecule has 4 nitrogen and oxygen atoms in total. The van der Waals surface area contributed by atoms with Gasteiger partial charge in [0.2, 0.25) is 0 Å². The first-order valence-corrected chi connectivity index (χ1v) is 11.1. The molecule has 0 bridgehead atoms. The Morgan fingerprint density at radius 2 is 1.77 bits per heavy atom. The molecule has 3 rings (SSSR count). The standard InChI is InChI=1S/C21H27O4P/c1-3-24-26(23,25-4-2)21(17-11-7-12-18(22)15-17)20-14-8-10-16-9-5-6-13-19(16)20/h5-6,8-10,13-14,17,21H,3-4,7,11-12,15H2,1-2H3. The molecule has 0 heterocycles. The third kappa shape index (κ3) is 3.93. The predicted molar refractivity (Wildman–Crippen MR) is 105 cm³/mol. The van der Waals surface area contributed by atoms with Crippen LogP contribution in [0.4, 0.5) is 0 Å². The maximum absolute atomic E-state index is 13.8. The molecule has 0 aromatic heterocycles. The third-order valence-corrected chi connectivity index (χ3v) is 7.69. The van der Waals surface area contributed by atoms with Gasteiger partial charge in [0, 0.05) is 12.8 Å². The van der Waals surface area contributed by atoms with Crippen molar-refractivity contribution in [1.29, 1.82) is 0 Å². The first-order valence-electron chi connectivity index (χ1n) is 9.47. The van der Waals surface area contributed by atoms with Crippen LogP contribution in [0.15, 0.2) is 42.5 Å². The van der Waals surface area contributed by atoms with E-state index >= 15 is 0 Å². The number of hydrogen-bond donors (Lipinski definition) is 0. The fourth-order valence-corrected chi connectivity index (χ4v) is 6.53. The van der Waals surface area contributed by atoms with Crippen LogP contribution in [-0.4, -0.2) is 19.0 Å². The highest BCUT2D eigenvalue weighted by molar-refractivity contribution is 7.54. The van der Waals surface area contributed by atoms with Gasteiger partial charge in [-0.1, -0.05) is 42.5 Å². The molecule has 0 N–H and O–H groups in total.